The Morgan fingerprint density at radius 2 is 2.03 bits per heavy atom. The molecule has 0 atom stereocenters. The number of nitrogens with two attached hydrogens (primary N) is 1. The van der Waals surface area contributed by atoms with Gasteiger partial charge in [0.1, 0.15) is 11.3 Å². The average molecular weight is 454 g/mol. The van der Waals surface area contributed by atoms with Crippen LogP contribution in [-0.4, -0.2) is 28.8 Å². The smallest absolute Gasteiger partial charge is 0.341 e. The Hall–Kier alpha value is -3.55. The van der Waals surface area contributed by atoms with Crippen molar-refractivity contribution in [2.45, 2.75) is 39.7 Å². The second-order valence-corrected chi connectivity index (χ2v) is 9.22. The van der Waals surface area contributed by atoms with E-state index in [1.807, 2.05) is 30.3 Å². The summed E-state index contributed by atoms with van der Waals surface area (Å²) in [6.45, 7) is 5.53. The number of nitrogens with zero attached hydrogens (tertiary/aromatic N) is 1. The Morgan fingerprint density at radius 3 is 2.73 bits per heavy atom. The van der Waals surface area contributed by atoms with Gasteiger partial charge in [-0.2, -0.15) is 0 Å². The highest BCUT2D eigenvalue weighted by Crippen LogP contribution is 2.40. The maximum Gasteiger partial charge on any atom is 0.341 e. The van der Waals surface area contributed by atoms with E-state index in [2.05, 4.69) is 19.2 Å². The fourth-order valence-corrected chi connectivity index (χ4v) is 4.43. The molecule has 1 aliphatic rings. The number of pyridine rings is 1. The summed E-state index contributed by atoms with van der Waals surface area (Å²) in [7, 11) is 0. The summed E-state index contributed by atoms with van der Waals surface area (Å²) in [4.78, 5) is 24.6. The summed E-state index contributed by atoms with van der Waals surface area (Å²) in [5.74, 6) is -1.30. The van der Waals surface area contributed by atoms with Crippen LogP contribution in [0.3, 0.4) is 0 Å². The molecule has 33 heavy (non-hydrogen) atoms. The summed E-state index contributed by atoms with van der Waals surface area (Å²) < 4.78 is 22.9. The average Bonchev–Trinajstić information content (AvgIpc) is 2.90. The molecule has 0 saturated carbocycles. The molecule has 4 rings (SSSR count). The summed E-state index contributed by atoms with van der Waals surface area (Å²) in [6, 6.07) is 9.45. The highest BCUT2D eigenvalue weighted by atomic mass is 19.1. The molecular formula is C25H28FN3O4. The van der Waals surface area contributed by atoms with E-state index in [1.165, 1.54) is 6.20 Å². The molecule has 0 spiro atoms. The predicted octanol–water partition coefficient (Wildman–Crippen LogP) is 4.27. The molecule has 8 heteroatoms. The van der Waals surface area contributed by atoms with Crippen molar-refractivity contribution >= 4 is 28.2 Å². The lowest BCUT2D eigenvalue weighted by molar-refractivity contribution is 0.0694. The molecule has 1 aliphatic heterocycles. The highest BCUT2D eigenvalue weighted by Gasteiger charge is 2.31. The van der Waals surface area contributed by atoms with Crippen molar-refractivity contribution in [3.63, 3.8) is 0 Å². The van der Waals surface area contributed by atoms with Crippen molar-refractivity contribution in [1.82, 2.24) is 4.57 Å². The fraction of sp³-hybridized carbons (Fsp3) is 0.360. The number of anilines is 2. The monoisotopic (exact) mass is 453 g/mol. The zero-order chi connectivity index (χ0) is 23.8. The van der Waals surface area contributed by atoms with Gasteiger partial charge in [0.25, 0.3) is 0 Å². The molecule has 174 valence electrons. The molecular weight excluding hydrogens is 425 g/mol. The number of halogens is 1. The van der Waals surface area contributed by atoms with Crippen LogP contribution in [-0.2, 0) is 13.0 Å². The number of carbonyl (C=O) groups is 1. The van der Waals surface area contributed by atoms with Crippen molar-refractivity contribution in [3.8, 4) is 5.75 Å². The molecule has 0 fully saturated rings. The molecule has 1 aromatic heterocycles. The molecule has 0 radical (unpaired) electrons. The first-order valence-electron chi connectivity index (χ1n) is 11.0. The number of benzene rings is 2. The molecule has 0 aliphatic carbocycles. The van der Waals surface area contributed by atoms with Gasteiger partial charge < -0.3 is 25.5 Å². The van der Waals surface area contributed by atoms with Gasteiger partial charge >= 0.3 is 5.97 Å². The Balaban J connectivity index is 1.70. The minimum absolute atomic E-state index is 0.0574. The van der Waals surface area contributed by atoms with Crippen LogP contribution in [0.15, 0.2) is 41.3 Å². The number of para-hydroxylation sites is 1. The summed E-state index contributed by atoms with van der Waals surface area (Å²) in [5.41, 5.74) is 5.86. The first-order valence-corrected chi connectivity index (χ1v) is 11.0. The van der Waals surface area contributed by atoms with Gasteiger partial charge in [0.2, 0.25) is 5.43 Å². The topological polar surface area (TPSA) is 107 Å². The zero-order valence-electron chi connectivity index (χ0n) is 18.8. The van der Waals surface area contributed by atoms with E-state index in [0.29, 0.717) is 43.6 Å². The van der Waals surface area contributed by atoms with Gasteiger partial charge in [0, 0.05) is 24.8 Å². The number of hydrogen-bond acceptors (Lipinski definition) is 5. The van der Waals surface area contributed by atoms with Crippen molar-refractivity contribution in [3.05, 3.63) is 63.7 Å². The summed E-state index contributed by atoms with van der Waals surface area (Å²) in [5, 5.41) is 12.6. The number of rotatable bonds is 7. The van der Waals surface area contributed by atoms with E-state index in [0.717, 1.165) is 12.2 Å². The third kappa shape index (κ3) is 4.37. The van der Waals surface area contributed by atoms with Crippen LogP contribution in [0.5, 0.6) is 5.75 Å². The van der Waals surface area contributed by atoms with Gasteiger partial charge in [-0.1, -0.05) is 32.0 Å². The number of aryl methyl sites for hydroxylation is 1. The van der Waals surface area contributed by atoms with Crippen LogP contribution in [0, 0.1) is 11.2 Å². The molecule has 0 amide bonds. The highest BCUT2D eigenvalue weighted by molar-refractivity contribution is 6.01. The van der Waals surface area contributed by atoms with Crippen LogP contribution in [0.2, 0.25) is 0 Å². The SMILES string of the molecule is CC1(C)CCc2c(NCCCOc3ccccc3)c(F)c(N)c3c(=O)c(C(=O)O)cn(c23)C1. The minimum atomic E-state index is -1.35. The number of aromatic nitrogens is 1. The Morgan fingerprint density at radius 1 is 1.30 bits per heavy atom. The Labute approximate surface area is 191 Å². The van der Waals surface area contributed by atoms with E-state index in [4.69, 9.17) is 10.5 Å². The van der Waals surface area contributed by atoms with Crippen LogP contribution >= 0.6 is 0 Å². The number of ether oxygens (including phenoxy) is 1. The molecule has 7 nitrogen and oxygen atoms in total. The lowest BCUT2D eigenvalue weighted by atomic mass is 9.87. The van der Waals surface area contributed by atoms with Crippen LogP contribution in [0.25, 0.3) is 10.9 Å². The van der Waals surface area contributed by atoms with Gasteiger partial charge in [-0.25, -0.2) is 9.18 Å². The van der Waals surface area contributed by atoms with Crippen LogP contribution in [0.1, 0.15) is 42.6 Å². The molecule has 4 N–H and O–H groups in total. The number of nitrogen functional groups attached to an aromatic ring is 1. The van der Waals surface area contributed by atoms with E-state index in [-0.39, 0.29) is 22.2 Å². The van der Waals surface area contributed by atoms with Crippen molar-refractivity contribution < 1.29 is 19.0 Å². The number of carboxylic acids is 1. The number of hydrogen-bond donors (Lipinski definition) is 3. The summed E-state index contributed by atoms with van der Waals surface area (Å²) in [6.07, 6.45) is 3.27. The van der Waals surface area contributed by atoms with Gasteiger partial charge in [0.15, 0.2) is 5.82 Å². The minimum Gasteiger partial charge on any atom is -0.494 e. The van der Waals surface area contributed by atoms with E-state index in [1.54, 1.807) is 4.57 Å². The molecule has 0 saturated heterocycles. The first kappa shape index (κ1) is 22.6. The molecule has 2 aromatic carbocycles. The maximum absolute atomic E-state index is 15.4. The van der Waals surface area contributed by atoms with Gasteiger partial charge in [-0.05, 0) is 36.8 Å². The Bertz CT molecular complexity index is 1270. The Kier molecular flexibility index (Phi) is 6.01. The van der Waals surface area contributed by atoms with E-state index < -0.39 is 22.8 Å². The van der Waals surface area contributed by atoms with Crippen molar-refractivity contribution in [2.24, 2.45) is 5.41 Å². The third-order valence-corrected chi connectivity index (χ3v) is 6.11. The number of carboxylic acid groups (broad SMARTS) is 1. The van der Waals surface area contributed by atoms with Gasteiger partial charge in [-0.15, -0.1) is 0 Å². The van der Waals surface area contributed by atoms with Crippen LogP contribution < -0.4 is 21.2 Å². The molecule has 0 bridgehead atoms. The van der Waals surface area contributed by atoms with E-state index >= 15 is 4.39 Å². The molecule has 3 aromatic rings. The largest absolute Gasteiger partial charge is 0.494 e. The first-order chi connectivity index (χ1) is 15.7. The standard InChI is InChI=1S/C25H28FN3O4/c1-25(2)10-9-16-21(28-11-6-12-33-15-7-4-3-5-8-15)19(26)20(27)18-22(16)29(14-25)13-17(23(18)30)24(31)32/h3-5,7-8,13,28H,6,9-12,14,27H2,1-2H3,(H,31,32). The van der Waals surface area contributed by atoms with Gasteiger partial charge in [-0.3, -0.25) is 4.79 Å². The van der Waals surface area contributed by atoms with Crippen LogP contribution in [0.4, 0.5) is 15.8 Å². The number of nitrogens with one attached hydrogen (secondary N) is 1. The molecule has 2 heterocycles. The van der Waals surface area contributed by atoms with E-state index in [9.17, 15) is 14.7 Å². The van der Waals surface area contributed by atoms with Gasteiger partial charge in [0.05, 0.1) is 28.9 Å². The van der Waals surface area contributed by atoms with Crippen molar-refractivity contribution in [1.29, 1.82) is 0 Å². The predicted molar refractivity (Wildman–Crippen MR) is 127 cm³/mol. The quantitative estimate of drug-likeness (QED) is 0.364. The fourth-order valence-electron chi connectivity index (χ4n) is 4.43. The zero-order valence-corrected chi connectivity index (χ0v) is 18.8. The lowest BCUT2D eigenvalue weighted by Crippen LogP contribution is -2.24. The second-order valence-electron chi connectivity index (χ2n) is 9.22. The maximum atomic E-state index is 15.4. The third-order valence-electron chi connectivity index (χ3n) is 6.11. The van der Waals surface area contributed by atoms with Crippen molar-refractivity contribution in [2.75, 3.05) is 24.2 Å². The summed E-state index contributed by atoms with van der Waals surface area (Å²) >= 11 is 0. The number of aromatic carboxylic acids is 1. The normalized spacial score (nSPS) is 14.6. The lowest BCUT2D eigenvalue weighted by Gasteiger charge is -2.24. The molecule has 0 unspecified atom stereocenters. The second kappa shape index (κ2) is 8.77.